The fourth-order valence-electron chi connectivity index (χ4n) is 2.23. The molecule has 29 heavy (non-hydrogen) atoms. The molecule has 0 aliphatic heterocycles. The van der Waals surface area contributed by atoms with Crippen LogP contribution in [0.5, 0.6) is 0 Å². The minimum Gasteiger partial charge on any atom is -0.403 e. The second kappa shape index (κ2) is 8.72. The highest BCUT2D eigenvalue weighted by Crippen LogP contribution is 2.23. The Hall–Kier alpha value is -3.42. The molecule has 0 bridgehead atoms. The topological polar surface area (TPSA) is 97.1 Å². The quantitative estimate of drug-likeness (QED) is 0.430. The summed E-state index contributed by atoms with van der Waals surface area (Å²) in [4.78, 5) is 24.2. The summed E-state index contributed by atoms with van der Waals surface area (Å²) >= 11 is 11.7. The van der Waals surface area contributed by atoms with Gasteiger partial charge in [-0.25, -0.2) is 0 Å². The predicted molar refractivity (Wildman–Crippen MR) is 112 cm³/mol. The fraction of sp³-hybridized carbons (Fsp3) is 0. The van der Waals surface area contributed by atoms with Crippen LogP contribution in [0.15, 0.2) is 76.7 Å². The van der Waals surface area contributed by atoms with Crippen molar-refractivity contribution in [2.45, 2.75) is 0 Å². The van der Waals surface area contributed by atoms with Gasteiger partial charge >= 0.3 is 6.01 Å². The SMILES string of the molecule is C=C(Cl)C(=C)C(=O)Nc1ccc(-c2nnc(NC(=O)c3ccccc3Cl)o2)cc1. The Morgan fingerprint density at radius 1 is 0.966 bits per heavy atom. The smallest absolute Gasteiger partial charge is 0.322 e. The van der Waals surface area contributed by atoms with Gasteiger partial charge in [-0.15, -0.1) is 5.10 Å². The van der Waals surface area contributed by atoms with Gasteiger partial charge in [0.25, 0.3) is 11.8 Å². The second-order valence-electron chi connectivity index (χ2n) is 5.76. The molecule has 0 atom stereocenters. The van der Waals surface area contributed by atoms with Crippen molar-refractivity contribution in [3.63, 3.8) is 0 Å². The molecule has 0 unspecified atom stereocenters. The standard InChI is InChI=1S/C20H14Cl2N4O3/c1-11(12(2)21)17(27)23-14-9-7-13(8-10-14)19-25-26-20(29-19)24-18(28)15-5-3-4-6-16(15)22/h3-10H,1-2H2,(H,23,27)(H,24,26,28). The normalized spacial score (nSPS) is 10.3. The lowest BCUT2D eigenvalue weighted by atomic mass is 10.2. The van der Waals surface area contributed by atoms with Gasteiger partial charge in [0.1, 0.15) is 0 Å². The molecule has 0 fully saturated rings. The third-order valence-corrected chi connectivity index (χ3v) is 4.31. The largest absolute Gasteiger partial charge is 0.403 e. The van der Waals surface area contributed by atoms with Gasteiger partial charge in [-0.3, -0.25) is 14.9 Å². The Morgan fingerprint density at radius 2 is 1.66 bits per heavy atom. The molecule has 1 aromatic heterocycles. The van der Waals surface area contributed by atoms with Crippen molar-refractivity contribution < 1.29 is 14.0 Å². The van der Waals surface area contributed by atoms with Gasteiger partial charge in [-0.05, 0) is 36.4 Å². The van der Waals surface area contributed by atoms with Gasteiger partial charge in [0.15, 0.2) is 0 Å². The molecule has 7 nitrogen and oxygen atoms in total. The van der Waals surface area contributed by atoms with E-state index in [4.69, 9.17) is 27.6 Å². The maximum absolute atomic E-state index is 12.2. The number of carbonyl (C=O) groups is 2. The monoisotopic (exact) mass is 428 g/mol. The molecule has 3 rings (SSSR count). The van der Waals surface area contributed by atoms with Crippen molar-refractivity contribution in [3.8, 4) is 11.5 Å². The predicted octanol–water partition coefficient (Wildman–Crippen LogP) is 4.89. The van der Waals surface area contributed by atoms with E-state index < -0.39 is 11.8 Å². The van der Waals surface area contributed by atoms with Crippen LogP contribution in [-0.4, -0.2) is 22.0 Å². The fourth-order valence-corrected chi connectivity index (χ4v) is 2.53. The van der Waals surface area contributed by atoms with Crippen LogP contribution in [0.2, 0.25) is 5.02 Å². The third kappa shape index (κ3) is 4.90. The maximum Gasteiger partial charge on any atom is 0.322 e. The molecule has 2 N–H and O–H groups in total. The number of aromatic nitrogens is 2. The highest BCUT2D eigenvalue weighted by Gasteiger charge is 2.15. The third-order valence-electron chi connectivity index (χ3n) is 3.76. The van der Waals surface area contributed by atoms with Crippen LogP contribution in [0.4, 0.5) is 11.7 Å². The first kappa shape index (κ1) is 20.3. The van der Waals surface area contributed by atoms with Gasteiger partial charge in [-0.1, -0.05) is 53.6 Å². The maximum atomic E-state index is 12.2. The summed E-state index contributed by atoms with van der Waals surface area (Å²) in [5.41, 5.74) is 1.47. The average molecular weight is 429 g/mol. The van der Waals surface area contributed by atoms with E-state index in [1.165, 1.54) is 0 Å². The van der Waals surface area contributed by atoms with Gasteiger partial charge in [0, 0.05) is 16.3 Å². The van der Waals surface area contributed by atoms with E-state index in [1.54, 1.807) is 48.5 Å². The molecule has 3 aromatic rings. The number of benzene rings is 2. The van der Waals surface area contributed by atoms with Crippen LogP contribution >= 0.6 is 23.2 Å². The molecule has 0 radical (unpaired) electrons. The number of nitrogens with one attached hydrogen (secondary N) is 2. The first-order valence-corrected chi connectivity index (χ1v) is 8.95. The van der Waals surface area contributed by atoms with Gasteiger partial charge < -0.3 is 9.73 Å². The zero-order valence-electron chi connectivity index (χ0n) is 14.9. The van der Waals surface area contributed by atoms with E-state index in [-0.39, 0.29) is 28.1 Å². The number of amides is 2. The van der Waals surface area contributed by atoms with E-state index in [2.05, 4.69) is 34.0 Å². The minimum atomic E-state index is -0.468. The number of halogens is 2. The number of hydrogen-bond donors (Lipinski definition) is 2. The van der Waals surface area contributed by atoms with Crippen molar-refractivity contribution >= 4 is 46.7 Å². The van der Waals surface area contributed by atoms with Gasteiger partial charge in [-0.2, -0.15) is 0 Å². The van der Waals surface area contributed by atoms with Gasteiger partial charge in [0.2, 0.25) is 5.89 Å². The summed E-state index contributed by atoms with van der Waals surface area (Å²) in [5.74, 6) is -0.735. The second-order valence-corrected chi connectivity index (χ2v) is 6.62. The Kier molecular flexibility index (Phi) is 6.11. The van der Waals surface area contributed by atoms with Crippen molar-refractivity contribution in [1.82, 2.24) is 10.2 Å². The van der Waals surface area contributed by atoms with Crippen molar-refractivity contribution in [2.24, 2.45) is 0 Å². The molecule has 9 heteroatoms. The molecule has 146 valence electrons. The van der Waals surface area contributed by atoms with Crippen LogP contribution in [0.3, 0.4) is 0 Å². The minimum absolute atomic E-state index is 0.0661. The summed E-state index contributed by atoms with van der Waals surface area (Å²) in [6.45, 7) is 7.01. The molecule has 2 amide bonds. The Morgan fingerprint density at radius 3 is 2.31 bits per heavy atom. The first-order chi connectivity index (χ1) is 13.8. The number of nitrogens with zero attached hydrogens (tertiary/aromatic N) is 2. The zero-order valence-corrected chi connectivity index (χ0v) is 16.4. The van der Waals surface area contributed by atoms with Gasteiger partial charge in [0.05, 0.1) is 16.2 Å². The van der Waals surface area contributed by atoms with Crippen LogP contribution < -0.4 is 10.6 Å². The molecular weight excluding hydrogens is 415 g/mol. The Bertz CT molecular complexity index is 1110. The number of rotatable bonds is 6. The van der Waals surface area contributed by atoms with Crippen LogP contribution in [0.25, 0.3) is 11.5 Å². The first-order valence-electron chi connectivity index (χ1n) is 8.20. The van der Waals surface area contributed by atoms with E-state index >= 15 is 0 Å². The lowest BCUT2D eigenvalue weighted by Gasteiger charge is -2.06. The molecule has 0 aliphatic rings. The number of carbonyl (C=O) groups excluding carboxylic acids is 2. The summed E-state index contributed by atoms with van der Waals surface area (Å²) in [5, 5.41) is 13.2. The van der Waals surface area contributed by atoms with E-state index in [0.717, 1.165) is 0 Å². The molecule has 1 heterocycles. The van der Waals surface area contributed by atoms with Crippen molar-refractivity contribution in [1.29, 1.82) is 0 Å². The molecule has 0 spiro atoms. The van der Waals surface area contributed by atoms with Crippen LogP contribution in [0, 0.1) is 0 Å². The summed E-state index contributed by atoms with van der Waals surface area (Å²) in [7, 11) is 0. The highest BCUT2D eigenvalue weighted by molar-refractivity contribution is 6.35. The number of anilines is 2. The van der Waals surface area contributed by atoms with E-state index in [1.807, 2.05) is 0 Å². The molecule has 0 saturated heterocycles. The zero-order chi connectivity index (χ0) is 21.0. The highest BCUT2D eigenvalue weighted by atomic mass is 35.5. The van der Waals surface area contributed by atoms with Crippen molar-refractivity contribution in [2.75, 3.05) is 10.6 Å². The molecule has 0 aliphatic carbocycles. The molecule has 0 saturated carbocycles. The Balaban J connectivity index is 1.68. The number of hydrogen-bond acceptors (Lipinski definition) is 5. The molecular formula is C20H14Cl2N4O3. The van der Waals surface area contributed by atoms with Crippen LogP contribution in [0.1, 0.15) is 10.4 Å². The van der Waals surface area contributed by atoms with E-state index in [9.17, 15) is 9.59 Å². The van der Waals surface area contributed by atoms with Crippen LogP contribution in [-0.2, 0) is 4.79 Å². The molecule has 2 aromatic carbocycles. The average Bonchev–Trinajstić information content (AvgIpc) is 3.16. The lowest BCUT2D eigenvalue weighted by molar-refractivity contribution is -0.112. The summed E-state index contributed by atoms with van der Waals surface area (Å²) in [6, 6.07) is 13.1. The summed E-state index contributed by atoms with van der Waals surface area (Å²) < 4.78 is 5.46. The summed E-state index contributed by atoms with van der Waals surface area (Å²) in [6.07, 6.45) is 0. The van der Waals surface area contributed by atoms with Crippen molar-refractivity contribution in [3.05, 3.63) is 82.9 Å². The Labute approximate surface area is 176 Å². The van der Waals surface area contributed by atoms with E-state index in [0.29, 0.717) is 16.3 Å². The lowest BCUT2D eigenvalue weighted by Crippen LogP contribution is -2.13.